The van der Waals surface area contributed by atoms with Gasteiger partial charge >= 0.3 is 0 Å². The molecular weight excluding hydrogens is 715 g/mol. The molecule has 0 fully saturated rings. The van der Waals surface area contributed by atoms with E-state index in [0.717, 1.165) is 11.4 Å². The Bertz CT molecular complexity index is 2930. The van der Waals surface area contributed by atoms with Crippen molar-refractivity contribution in [2.45, 2.75) is 0 Å². The van der Waals surface area contributed by atoms with Gasteiger partial charge in [0.15, 0.2) is 8.07 Å². The van der Waals surface area contributed by atoms with E-state index in [2.05, 4.69) is 241 Å². The van der Waals surface area contributed by atoms with E-state index in [0.29, 0.717) is 0 Å². The lowest BCUT2D eigenvalue weighted by atomic mass is 10.0. The molecule has 0 spiro atoms. The van der Waals surface area contributed by atoms with Crippen molar-refractivity contribution in [2.75, 3.05) is 4.90 Å². The van der Waals surface area contributed by atoms with Gasteiger partial charge in [-0.05, 0) is 100 Å². The van der Waals surface area contributed by atoms with Crippen LogP contribution in [0.15, 0.2) is 237 Å². The van der Waals surface area contributed by atoms with E-state index < -0.39 is 8.07 Å². The molecule has 0 saturated carbocycles. The summed E-state index contributed by atoms with van der Waals surface area (Å²) in [4.78, 5) is 2.48. The number of hydrogen-bond acceptors (Lipinski definition) is 1. The normalized spacial score (nSPS) is 12.6. The number of fused-ring (bicyclic) bond motifs is 5. The first-order chi connectivity index (χ1) is 28.8. The van der Waals surface area contributed by atoms with Crippen LogP contribution < -0.4 is 25.6 Å². The van der Waals surface area contributed by atoms with Gasteiger partial charge in [-0.25, -0.2) is 0 Å². The molecule has 1 aliphatic heterocycles. The summed E-state index contributed by atoms with van der Waals surface area (Å²) in [6, 6.07) is 87.8. The summed E-state index contributed by atoms with van der Waals surface area (Å²) in [5, 5.41) is 10.9. The first-order valence-corrected chi connectivity index (χ1v) is 22.1. The molecule has 2 heteroatoms. The van der Waals surface area contributed by atoms with Gasteiger partial charge in [0.1, 0.15) is 0 Å². The third kappa shape index (κ3) is 5.38. The molecule has 58 heavy (non-hydrogen) atoms. The maximum Gasteiger partial charge on any atom is 0.182 e. The molecule has 0 amide bonds. The highest BCUT2D eigenvalue weighted by atomic mass is 28.3. The summed E-state index contributed by atoms with van der Waals surface area (Å²) in [6.07, 6.45) is 0. The zero-order chi connectivity index (χ0) is 38.5. The molecule has 10 aromatic carbocycles. The Morgan fingerprint density at radius 2 is 0.672 bits per heavy atom. The van der Waals surface area contributed by atoms with Crippen molar-refractivity contribution in [3.8, 4) is 33.4 Å². The molecule has 10 aromatic rings. The lowest BCUT2D eigenvalue weighted by molar-refractivity contribution is 1.29. The number of anilines is 3. The molecule has 0 atom stereocenters. The number of hydrogen-bond donors (Lipinski definition) is 0. The van der Waals surface area contributed by atoms with Crippen LogP contribution in [0.5, 0.6) is 0 Å². The summed E-state index contributed by atoms with van der Waals surface area (Å²) in [7, 11) is -2.97. The van der Waals surface area contributed by atoms with Crippen LogP contribution in [0.25, 0.3) is 54.9 Å². The second kappa shape index (κ2) is 14.0. The monoisotopic (exact) mass is 753 g/mol. The van der Waals surface area contributed by atoms with Crippen molar-refractivity contribution in [3.05, 3.63) is 237 Å². The minimum atomic E-state index is -2.97. The van der Waals surface area contributed by atoms with Gasteiger partial charge in [0.05, 0.1) is 5.69 Å². The molecule has 0 aromatic heterocycles. The van der Waals surface area contributed by atoms with E-state index in [1.54, 1.807) is 0 Å². The van der Waals surface area contributed by atoms with Crippen molar-refractivity contribution in [2.24, 2.45) is 0 Å². The predicted octanol–water partition coefficient (Wildman–Crippen LogP) is 12.2. The van der Waals surface area contributed by atoms with Gasteiger partial charge in [-0.15, -0.1) is 0 Å². The second-order valence-corrected chi connectivity index (χ2v) is 18.9. The first kappa shape index (κ1) is 34.0. The Labute approximate surface area is 340 Å². The van der Waals surface area contributed by atoms with Gasteiger partial charge in [0.25, 0.3) is 0 Å². The first-order valence-electron chi connectivity index (χ1n) is 20.1. The third-order valence-electron chi connectivity index (χ3n) is 12.1. The average molecular weight is 754 g/mol. The number of nitrogens with zero attached hydrogens (tertiary/aromatic N) is 1. The molecular formula is C56H39NSi. The summed E-state index contributed by atoms with van der Waals surface area (Å²) in [6.45, 7) is 0. The van der Waals surface area contributed by atoms with Crippen molar-refractivity contribution in [1.82, 2.24) is 0 Å². The number of benzene rings is 10. The van der Waals surface area contributed by atoms with Gasteiger partial charge in [-0.3, -0.25) is 0 Å². The van der Waals surface area contributed by atoms with Gasteiger partial charge in [-0.2, -0.15) is 0 Å². The van der Waals surface area contributed by atoms with E-state index in [4.69, 9.17) is 0 Å². The average Bonchev–Trinajstić information content (AvgIpc) is 3.61. The van der Waals surface area contributed by atoms with Crippen LogP contribution in [0.3, 0.4) is 0 Å². The van der Waals surface area contributed by atoms with E-state index >= 15 is 0 Å². The quantitative estimate of drug-likeness (QED) is 0.147. The Morgan fingerprint density at radius 3 is 1.22 bits per heavy atom. The Hall–Kier alpha value is -7.26. The van der Waals surface area contributed by atoms with E-state index in [9.17, 15) is 0 Å². The van der Waals surface area contributed by atoms with Crippen LogP contribution in [-0.4, -0.2) is 8.07 Å². The van der Waals surface area contributed by atoms with Crippen LogP contribution in [0.4, 0.5) is 17.1 Å². The zero-order valence-corrected chi connectivity index (χ0v) is 33.0. The van der Waals surface area contributed by atoms with Crippen molar-refractivity contribution in [1.29, 1.82) is 0 Å². The Balaban J connectivity index is 1.21. The van der Waals surface area contributed by atoms with Crippen LogP contribution in [-0.2, 0) is 0 Å². The van der Waals surface area contributed by atoms with Crippen molar-refractivity contribution >= 4 is 67.4 Å². The minimum Gasteiger partial charge on any atom is -0.310 e. The topological polar surface area (TPSA) is 3.24 Å². The lowest BCUT2D eigenvalue weighted by Crippen LogP contribution is -2.73. The SMILES string of the molecule is c1ccc(-c2ccc(N(c3ccc(-c4ccccc4)cc3)c3cccc4c3-c3ccccc3[Si]4(c3cccc4ccccc34)c3cccc4ccccc34)cc2)cc1. The predicted molar refractivity (Wildman–Crippen MR) is 250 cm³/mol. The largest absolute Gasteiger partial charge is 0.310 e. The van der Waals surface area contributed by atoms with E-state index in [1.165, 1.54) is 81.4 Å². The Morgan fingerprint density at radius 1 is 0.276 bits per heavy atom. The maximum atomic E-state index is 2.48. The molecule has 1 aliphatic rings. The fourth-order valence-electron chi connectivity index (χ4n) is 9.62. The lowest BCUT2D eigenvalue weighted by Gasteiger charge is -2.34. The van der Waals surface area contributed by atoms with Gasteiger partial charge < -0.3 is 4.90 Å². The molecule has 0 bridgehead atoms. The third-order valence-corrected chi connectivity index (χ3v) is 17.1. The number of rotatable bonds is 7. The standard InChI is InChI=1S/C56H39NSi/c1-3-16-40(17-4-1)42-32-36-46(37-33-42)57(47-38-34-43(35-39-47)41-18-5-2-6-19-41)51-27-15-31-55-56(51)50-26-11-12-28-54(50)58(55,52-29-13-22-44-20-7-9-24-48(44)52)53-30-14-23-45-21-8-10-25-49(45)53/h1-39H. The molecule has 1 nitrogen and oxygen atoms in total. The molecule has 0 aliphatic carbocycles. The highest BCUT2D eigenvalue weighted by Gasteiger charge is 2.51. The van der Waals surface area contributed by atoms with Gasteiger partial charge in [0.2, 0.25) is 0 Å². The van der Waals surface area contributed by atoms with E-state index in [-0.39, 0.29) is 0 Å². The maximum absolute atomic E-state index is 2.97. The zero-order valence-electron chi connectivity index (χ0n) is 32.0. The minimum absolute atomic E-state index is 1.12. The summed E-state index contributed by atoms with van der Waals surface area (Å²) >= 11 is 0. The van der Waals surface area contributed by atoms with Crippen molar-refractivity contribution in [3.63, 3.8) is 0 Å². The molecule has 1 heterocycles. The van der Waals surface area contributed by atoms with Gasteiger partial charge in [0, 0.05) is 16.9 Å². The fraction of sp³-hybridized carbons (Fsp3) is 0. The highest BCUT2D eigenvalue weighted by Crippen LogP contribution is 2.44. The van der Waals surface area contributed by atoms with E-state index in [1.807, 2.05) is 0 Å². The highest BCUT2D eigenvalue weighted by molar-refractivity contribution is 7.23. The van der Waals surface area contributed by atoms with Crippen LogP contribution in [0, 0.1) is 0 Å². The summed E-state index contributed by atoms with van der Waals surface area (Å²) in [5.74, 6) is 0. The molecule has 11 rings (SSSR count). The molecule has 0 radical (unpaired) electrons. The summed E-state index contributed by atoms with van der Waals surface area (Å²) < 4.78 is 0. The molecule has 0 unspecified atom stereocenters. The molecule has 0 saturated heterocycles. The van der Waals surface area contributed by atoms with Gasteiger partial charge in [-0.1, -0.05) is 206 Å². The van der Waals surface area contributed by atoms with Crippen molar-refractivity contribution < 1.29 is 0 Å². The van der Waals surface area contributed by atoms with Crippen LogP contribution >= 0.6 is 0 Å². The smallest absolute Gasteiger partial charge is 0.182 e. The van der Waals surface area contributed by atoms with Crippen LogP contribution in [0.2, 0.25) is 0 Å². The summed E-state index contributed by atoms with van der Waals surface area (Å²) in [5.41, 5.74) is 10.9. The molecule has 272 valence electrons. The second-order valence-electron chi connectivity index (χ2n) is 15.2. The van der Waals surface area contributed by atoms with Crippen LogP contribution in [0.1, 0.15) is 0 Å². The fourth-order valence-corrected chi connectivity index (χ4v) is 15.3. The molecule has 0 N–H and O–H groups in total. The Kier molecular flexibility index (Phi) is 8.23.